The molecule has 0 aliphatic carbocycles. The van der Waals surface area contributed by atoms with Gasteiger partial charge in [0.25, 0.3) is 0 Å². The largest absolute Gasteiger partial charge is 0.508 e. The lowest BCUT2D eigenvalue weighted by Gasteiger charge is -2.10. The van der Waals surface area contributed by atoms with Crippen molar-refractivity contribution >= 4 is 5.91 Å². The summed E-state index contributed by atoms with van der Waals surface area (Å²) < 4.78 is 0. The Morgan fingerprint density at radius 2 is 1.76 bits per heavy atom. The van der Waals surface area contributed by atoms with E-state index in [1.807, 2.05) is 36.4 Å². The Hall–Kier alpha value is -2.80. The molecule has 2 N–H and O–H groups in total. The first-order valence-corrected chi connectivity index (χ1v) is 6.68. The highest BCUT2D eigenvalue weighted by Gasteiger charge is 2.17. The molecule has 2 rings (SSSR count). The topological polar surface area (TPSA) is 73.1 Å². The summed E-state index contributed by atoms with van der Waals surface area (Å²) in [4.78, 5) is 12.0. The third-order valence-electron chi connectivity index (χ3n) is 3.16. The van der Waals surface area contributed by atoms with Crippen LogP contribution >= 0.6 is 0 Å². The van der Waals surface area contributed by atoms with Gasteiger partial charge < -0.3 is 10.4 Å². The lowest BCUT2D eigenvalue weighted by atomic mass is 10.00. The van der Waals surface area contributed by atoms with Crippen LogP contribution in [0.1, 0.15) is 11.1 Å². The maximum atomic E-state index is 12.0. The Balaban J connectivity index is 1.91. The van der Waals surface area contributed by atoms with Gasteiger partial charge in [0.2, 0.25) is 5.91 Å². The number of hydrogen-bond donors (Lipinski definition) is 2. The predicted molar refractivity (Wildman–Crippen MR) is 79.2 cm³/mol. The predicted octanol–water partition coefficient (Wildman–Crippen LogP) is 2.39. The molecule has 1 atom stereocenters. The number of carbonyl (C=O) groups is 1. The van der Waals surface area contributed by atoms with Gasteiger partial charge in [-0.15, -0.1) is 0 Å². The van der Waals surface area contributed by atoms with Gasteiger partial charge in [0.15, 0.2) is 0 Å². The van der Waals surface area contributed by atoms with Crippen LogP contribution in [-0.4, -0.2) is 11.0 Å². The molecule has 2 aromatic carbocycles. The average molecular weight is 280 g/mol. The molecule has 0 fully saturated rings. The maximum Gasteiger partial charge on any atom is 0.237 e. The van der Waals surface area contributed by atoms with Crippen molar-refractivity contribution < 1.29 is 9.90 Å². The zero-order valence-corrected chi connectivity index (χ0v) is 11.5. The van der Waals surface area contributed by atoms with Crippen molar-refractivity contribution in [1.29, 1.82) is 5.26 Å². The Labute approximate surface area is 123 Å². The molecular formula is C17H16N2O2. The summed E-state index contributed by atoms with van der Waals surface area (Å²) >= 11 is 0. The number of hydrogen-bond acceptors (Lipinski definition) is 3. The minimum atomic E-state index is -0.704. The van der Waals surface area contributed by atoms with Crippen molar-refractivity contribution in [2.75, 3.05) is 0 Å². The van der Waals surface area contributed by atoms with Gasteiger partial charge in [-0.25, -0.2) is 0 Å². The maximum absolute atomic E-state index is 12.0. The molecule has 1 amide bonds. The molecule has 4 nitrogen and oxygen atoms in total. The second kappa shape index (κ2) is 7.11. The van der Waals surface area contributed by atoms with E-state index in [-0.39, 0.29) is 11.7 Å². The van der Waals surface area contributed by atoms with Gasteiger partial charge in [-0.3, -0.25) is 4.79 Å². The molecule has 0 saturated carbocycles. The number of nitriles is 1. The summed E-state index contributed by atoms with van der Waals surface area (Å²) in [6.07, 6.45) is 0.402. The molecule has 0 aliphatic rings. The van der Waals surface area contributed by atoms with E-state index in [0.29, 0.717) is 13.0 Å². The number of nitrogens with zero attached hydrogens (tertiary/aromatic N) is 1. The number of aromatic hydroxyl groups is 1. The number of nitrogens with one attached hydrogen (secondary N) is 1. The third-order valence-corrected chi connectivity index (χ3v) is 3.16. The van der Waals surface area contributed by atoms with E-state index in [2.05, 4.69) is 5.32 Å². The Kier molecular flexibility index (Phi) is 4.94. The molecule has 21 heavy (non-hydrogen) atoms. The fourth-order valence-electron chi connectivity index (χ4n) is 1.97. The average Bonchev–Trinajstić information content (AvgIpc) is 2.52. The van der Waals surface area contributed by atoms with Crippen molar-refractivity contribution in [3.05, 3.63) is 65.7 Å². The molecule has 0 spiro atoms. The van der Waals surface area contributed by atoms with Crippen molar-refractivity contribution in [2.45, 2.75) is 13.0 Å². The number of rotatable bonds is 5. The summed E-state index contributed by atoms with van der Waals surface area (Å²) in [6.45, 7) is 0.339. The lowest BCUT2D eigenvalue weighted by molar-refractivity contribution is -0.123. The summed E-state index contributed by atoms with van der Waals surface area (Å²) in [6, 6.07) is 18.1. The minimum absolute atomic E-state index is 0.184. The highest BCUT2D eigenvalue weighted by atomic mass is 16.3. The van der Waals surface area contributed by atoms with Crippen LogP contribution in [0.3, 0.4) is 0 Å². The number of amides is 1. The Bertz CT molecular complexity index is 630. The molecule has 106 valence electrons. The molecule has 1 unspecified atom stereocenters. The lowest BCUT2D eigenvalue weighted by Crippen LogP contribution is -2.30. The van der Waals surface area contributed by atoms with Crippen LogP contribution in [0.2, 0.25) is 0 Å². The monoisotopic (exact) mass is 280 g/mol. The SMILES string of the molecule is N#CC(Cc1ccccc1)C(=O)NCc1ccc(O)cc1. The van der Waals surface area contributed by atoms with E-state index in [1.54, 1.807) is 24.3 Å². The Morgan fingerprint density at radius 1 is 1.10 bits per heavy atom. The molecular weight excluding hydrogens is 264 g/mol. The van der Waals surface area contributed by atoms with Gasteiger partial charge >= 0.3 is 0 Å². The Morgan fingerprint density at radius 3 is 2.38 bits per heavy atom. The first kappa shape index (κ1) is 14.6. The minimum Gasteiger partial charge on any atom is -0.508 e. The van der Waals surface area contributed by atoms with E-state index in [1.165, 1.54) is 0 Å². The van der Waals surface area contributed by atoms with Crippen molar-refractivity contribution in [3.8, 4) is 11.8 Å². The van der Waals surface area contributed by atoms with Crippen LogP contribution in [0.15, 0.2) is 54.6 Å². The number of phenols is 1. The van der Waals surface area contributed by atoms with E-state index in [4.69, 9.17) is 5.26 Å². The number of carbonyl (C=O) groups excluding carboxylic acids is 1. The second-order valence-electron chi connectivity index (χ2n) is 4.76. The van der Waals surface area contributed by atoms with Gasteiger partial charge in [-0.2, -0.15) is 5.26 Å². The van der Waals surface area contributed by atoms with Gasteiger partial charge in [-0.05, 0) is 29.7 Å². The normalized spacial score (nSPS) is 11.4. The molecule has 0 aliphatic heterocycles. The van der Waals surface area contributed by atoms with Crippen LogP contribution in [0.4, 0.5) is 0 Å². The van der Waals surface area contributed by atoms with E-state index < -0.39 is 5.92 Å². The molecule has 0 bridgehead atoms. The van der Waals surface area contributed by atoms with Crippen LogP contribution in [0, 0.1) is 17.2 Å². The second-order valence-corrected chi connectivity index (χ2v) is 4.76. The molecule has 2 aromatic rings. The highest BCUT2D eigenvalue weighted by Crippen LogP contribution is 2.11. The smallest absolute Gasteiger partial charge is 0.237 e. The first-order chi connectivity index (χ1) is 10.2. The molecule has 0 radical (unpaired) electrons. The van der Waals surface area contributed by atoms with Gasteiger partial charge in [0.1, 0.15) is 11.7 Å². The zero-order valence-electron chi connectivity index (χ0n) is 11.5. The standard InChI is InChI=1S/C17H16N2O2/c18-11-15(10-13-4-2-1-3-5-13)17(21)19-12-14-6-8-16(20)9-7-14/h1-9,15,20H,10,12H2,(H,19,21). The van der Waals surface area contributed by atoms with Crippen molar-refractivity contribution in [1.82, 2.24) is 5.32 Å². The number of phenolic OH excluding ortho intramolecular Hbond substituents is 1. The van der Waals surface area contributed by atoms with Gasteiger partial charge in [-0.1, -0.05) is 42.5 Å². The highest BCUT2D eigenvalue weighted by molar-refractivity contribution is 5.81. The zero-order chi connectivity index (χ0) is 15.1. The summed E-state index contributed by atoms with van der Waals surface area (Å²) in [5.41, 5.74) is 1.83. The summed E-state index contributed by atoms with van der Waals surface area (Å²) in [5, 5.41) is 21.1. The fourth-order valence-corrected chi connectivity index (χ4v) is 1.97. The molecule has 0 saturated heterocycles. The third kappa shape index (κ3) is 4.36. The van der Waals surface area contributed by atoms with E-state index >= 15 is 0 Å². The number of benzene rings is 2. The van der Waals surface area contributed by atoms with E-state index in [0.717, 1.165) is 11.1 Å². The van der Waals surface area contributed by atoms with Crippen LogP contribution in [-0.2, 0) is 17.8 Å². The van der Waals surface area contributed by atoms with Crippen LogP contribution < -0.4 is 5.32 Å². The van der Waals surface area contributed by atoms with Gasteiger partial charge in [0, 0.05) is 6.54 Å². The summed E-state index contributed by atoms with van der Waals surface area (Å²) in [7, 11) is 0. The quantitative estimate of drug-likeness (QED) is 0.883. The van der Waals surface area contributed by atoms with E-state index in [9.17, 15) is 9.90 Å². The van der Waals surface area contributed by atoms with Crippen LogP contribution in [0.5, 0.6) is 5.75 Å². The van der Waals surface area contributed by atoms with Crippen LogP contribution in [0.25, 0.3) is 0 Å². The van der Waals surface area contributed by atoms with Crippen molar-refractivity contribution in [2.24, 2.45) is 5.92 Å². The van der Waals surface area contributed by atoms with Crippen molar-refractivity contribution in [3.63, 3.8) is 0 Å². The molecule has 4 heteroatoms. The fraction of sp³-hybridized carbons (Fsp3) is 0.176. The molecule has 0 aromatic heterocycles. The van der Waals surface area contributed by atoms with Gasteiger partial charge in [0.05, 0.1) is 6.07 Å². The first-order valence-electron chi connectivity index (χ1n) is 6.68. The molecule has 0 heterocycles. The summed E-state index contributed by atoms with van der Waals surface area (Å²) in [5.74, 6) is -0.803.